The van der Waals surface area contributed by atoms with Crippen molar-refractivity contribution in [3.8, 4) is 0 Å². The Morgan fingerprint density at radius 2 is 2.15 bits per heavy atom. The molecule has 13 heavy (non-hydrogen) atoms. The van der Waals surface area contributed by atoms with Gasteiger partial charge < -0.3 is 4.74 Å². The third kappa shape index (κ3) is 1.91. The molecule has 3 heteroatoms. The number of methoxy groups -OCH3 is 1. The fourth-order valence-electron chi connectivity index (χ4n) is 1.37. The van der Waals surface area contributed by atoms with Crippen molar-refractivity contribution in [2.45, 2.75) is 26.7 Å². The van der Waals surface area contributed by atoms with Crippen molar-refractivity contribution < 1.29 is 9.53 Å². The maximum Gasteiger partial charge on any atom is 0.348 e. The van der Waals surface area contributed by atoms with Crippen molar-refractivity contribution >= 4 is 17.3 Å². The molecular formula is C10H14O2S. The summed E-state index contributed by atoms with van der Waals surface area (Å²) in [5.41, 5.74) is 2.42. The van der Waals surface area contributed by atoms with Crippen LogP contribution < -0.4 is 0 Å². The van der Waals surface area contributed by atoms with Crippen LogP contribution in [0.25, 0.3) is 0 Å². The summed E-state index contributed by atoms with van der Waals surface area (Å²) in [5, 5.41) is 2.05. The van der Waals surface area contributed by atoms with E-state index >= 15 is 0 Å². The molecule has 0 N–H and O–H groups in total. The largest absolute Gasteiger partial charge is 0.465 e. The maximum absolute atomic E-state index is 11.3. The third-order valence-electron chi connectivity index (χ3n) is 2.09. The summed E-state index contributed by atoms with van der Waals surface area (Å²) in [6.07, 6.45) is 1.88. The predicted molar refractivity (Wildman–Crippen MR) is 54.4 cm³/mol. The van der Waals surface area contributed by atoms with E-state index < -0.39 is 0 Å². The van der Waals surface area contributed by atoms with Crippen molar-refractivity contribution in [3.63, 3.8) is 0 Å². The topological polar surface area (TPSA) is 26.3 Å². The Morgan fingerprint density at radius 3 is 2.62 bits per heavy atom. The van der Waals surface area contributed by atoms with E-state index in [-0.39, 0.29) is 5.97 Å². The summed E-state index contributed by atoms with van der Waals surface area (Å²) in [6.45, 7) is 4.16. The molecule has 0 radical (unpaired) electrons. The highest BCUT2D eigenvalue weighted by Gasteiger charge is 2.15. The highest BCUT2D eigenvalue weighted by molar-refractivity contribution is 7.12. The average Bonchev–Trinajstić information content (AvgIpc) is 2.58. The Kier molecular flexibility index (Phi) is 3.48. The van der Waals surface area contributed by atoms with Crippen LogP contribution in [0, 0.1) is 0 Å². The fourth-order valence-corrected chi connectivity index (χ4v) is 2.53. The first kappa shape index (κ1) is 10.3. The molecule has 0 aliphatic heterocycles. The summed E-state index contributed by atoms with van der Waals surface area (Å²) in [7, 11) is 1.42. The lowest BCUT2D eigenvalue weighted by atomic mass is 10.1. The second kappa shape index (κ2) is 4.42. The van der Waals surface area contributed by atoms with Gasteiger partial charge in [0.2, 0.25) is 0 Å². The maximum atomic E-state index is 11.3. The number of esters is 1. The SMILES string of the molecule is CCc1csc(C(=O)OC)c1CC. The molecule has 0 fully saturated rings. The zero-order valence-electron chi connectivity index (χ0n) is 8.22. The van der Waals surface area contributed by atoms with Crippen LogP contribution in [0.5, 0.6) is 0 Å². The molecule has 1 heterocycles. The smallest absolute Gasteiger partial charge is 0.348 e. The van der Waals surface area contributed by atoms with Gasteiger partial charge in [0.1, 0.15) is 4.88 Å². The van der Waals surface area contributed by atoms with Crippen LogP contribution in [0.3, 0.4) is 0 Å². The average molecular weight is 198 g/mol. The lowest BCUT2D eigenvalue weighted by Gasteiger charge is -2.01. The molecule has 0 aromatic carbocycles. The van der Waals surface area contributed by atoms with Gasteiger partial charge in [0.25, 0.3) is 0 Å². The molecule has 0 amide bonds. The van der Waals surface area contributed by atoms with E-state index in [4.69, 9.17) is 4.74 Å². The monoisotopic (exact) mass is 198 g/mol. The van der Waals surface area contributed by atoms with E-state index in [1.54, 1.807) is 0 Å². The summed E-state index contributed by atoms with van der Waals surface area (Å²) in [5.74, 6) is -0.207. The first-order chi connectivity index (χ1) is 6.24. The molecule has 2 nitrogen and oxygen atoms in total. The van der Waals surface area contributed by atoms with Crippen molar-refractivity contribution in [1.29, 1.82) is 0 Å². The van der Waals surface area contributed by atoms with E-state index in [0.717, 1.165) is 23.3 Å². The highest BCUT2D eigenvalue weighted by atomic mass is 32.1. The molecular weight excluding hydrogens is 184 g/mol. The lowest BCUT2D eigenvalue weighted by Crippen LogP contribution is -2.02. The van der Waals surface area contributed by atoms with Gasteiger partial charge >= 0.3 is 5.97 Å². The van der Waals surface area contributed by atoms with E-state index in [2.05, 4.69) is 13.8 Å². The van der Waals surface area contributed by atoms with Gasteiger partial charge in [-0.15, -0.1) is 11.3 Å². The molecule has 1 aromatic heterocycles. The normalized spacial score (nSPS) is 10.1. The Bertz CT molecular complexity index is 302. The first-order valence-electron chi connectivity index (χ1n) is 4.42. The Labute approximate surface area is 82.5 Å². The van der Waals surface area contributed by atoms with Gasteiger partial charge in [0, 0.05) is 0 Å². The number of aryl methyl sites for hydroxylation is 1. The minimum Gasteiger partial charge on any atom is -0.465 e. The van der Waals surface area contributed by atoms with Gasteiger partial charge in [-0.2, -0.15) is 0 Å². The van der Waals surface area contributed by atoms with Gasteiger partial charge in [-0.1, -0.05) is 13.8 Å². The number of carbonyl (C=O) groups excluding carboxylic acids is 1. The van der Waals surface area contributed by atoms with Crippen molar-refractivity contribution in [1.82, 2.24) is 0 Å². The number of ether oxygens (including phenoxy) is 1. The summed E-state index contributed by atoms with van der Waals surface area (Å²) in [6, 6.07) is 0. The molecule has 0 spiro atoms. The Hall–Kier alpha value is -0.830. The number of carbonyl (C=O) groups is 1. The molecule has 0 saturated carbocycles. The second-order valence-corrected chi connectivity index (χ2v) is 3.65. The second-order valence-electron chi connectivity index (χ2n) is 2.77. The molecule has 0 aliphatic rings. The van der Waals surface area contributed by atoms with Crippen LogP contribution >= 0.6 is 11.3 Å². The van der Waals surface area contributed by atoms with Crippen molar-refractivity contribution in [2.75, 3.05) is 7.11 Å². The molecule has 1 rings (SSSR count). The van der Waals surface area contributed by atoms with Gasteiger partial charge in [-0.05, 0) is 29.3 Å². The van der Waals surface area contributed by atoms with Crippen LogP contribution in [-0.2, 0) is 17.6 Å². The highest BCUT2D eigenvalue weighted by Crippen LogP contribution is 2.24. The van der Waals surface area contributed by atoms with Crippen LogP contribution in [0.15, 0.2) is 5.38 Å². The van der Waals surface area contributed by atoms with E-state index in [0.29, 0.717) is 0 Å². The molecule has 0 unspecified atom stereocenters. The number of hydrogen-bond donors (Lipinski definition) is 0. The minimum atomic E-state index is -0.207. The molecule has 0 bridgehead atoms. The van der Waals surface area contributed by atoms with Gasteiger partial charge in [-0.25, -0.2) is 4.79 Å². The van der Waals surface area contributed by atoms with Crippen LogP contribution in [0.1, 0.15) is 34.6 Å². The number of hydrogen-bond acceptors (Lipinski definition) is 3. The lowest BCUT2D eigenvalue weighted by molar-refractivity contribution is 0.0605. The third-order valence-corrected chi connectivity index (χ3v) is 3.14. The van der Waals surface area contributed by atoms with Crippen LogP contribution in [0.2, 0.25) is 0 Å². The van der Waals surface area contributed by atoms with E-state index in [1.807, 2.05) is 5.38 Å². The van der Waals surface area contributed by atoms with Crippen LogP contribution in [-0.4, -0.2) is 13.1 Å². The molecule has 72 valence electrons. The van der Waals surface area contributed by atoms with Crippen molar-refractivity contribution in [3.05, 3.63) is 21.4 Å². The standard InChI is InChI=1S/C10H14O2S/c1-4-7-6-13-9(8(7)5-2)10(11)12-3/h6H,4-5H2,1-3H3. The fraction of sp³-hybridized carbons (Fsp3) is 0.500. The summed E-state index contributed by atoms with van der Waals surface area (Å²) < 4.78 is 4.71. The summed E-state index contributed by atoms with van der Waals surface area (Å²) >= 11 is 1.48. The molecule has 0 saturated heterocycles. The van der Waals surface area contributed by atoms with Gasteiger partial charge in [-0.3, -0.25) is 0 Å². The quantitative estimate of drug-likeness (QED) is 0.698. The van der Waals surface area contributed by atoms with E-state index in [1.165, 1.54) is 24.0 Å². The molecule has 0 atom stereocenters. The van der Waals surface area contributed by atoms with Gasteiger partial charge in [0.05, 0.1) is 7.11 Å². The molecule has 0 aliphatic carbocycles. The zero-order valence-corrected chi connectivity index (χ0v) is 9.03. The number of rotatable bonds is 3. The Morgan fingerprint density at radius 1 is 1.46 bits per heavy atom. The van der Waals surface area contributed by atoms with E-state index in [9.17, 15) is 4.79 Å². The van der Waals surface area contributed by atoms with Crippen LogP contribution in [0.4, 0.5) is 0 Å². The van der Waals surface area contributed by atoms with Gasteiger partial charge in [0.15, 0.2) is 0 Å². The Balaban J connectivity index is 3.07. The summed E-state index contributed by atoms with van der Waals surface area (Å²) in [4.78, 5) is 12.1. The molecule has 1 aromatic rings. The zero-order chi connectivity index (χ0) is 9.84. The van der Waals surface area contributed by atoms with Crippen molar-refractivity contribution in [2.24, 2.45) is 0 Å². The number of thiophene rings is 1. The minimum absolute atomic E-state index is 0.207. The first-order valence-corrected chi connectivity index (χ1v) is 5.30. The predicted octanol–water partition coefficient (Wildman–Crippen LogP) is 2.66.